The van der Waals surface area contributed by atoms with E-state index in [2.05, 4.69) is 11.6 Å². The van der Waals surface area contributed by atoms with Gasteiger partial charge in [-0.15, -0.1) is 6.58 Å². The molecule has 1 amide bonds. The number of hydrogen-bond acceptors (Lipinski definition) is 5. The van der Waals surface area contributed by atoms with Gasteiger partial charge in [-0.1, -0.05) is 17.4 Å². The summed E-state index contributed by atoms with van der Waals surface area (Å²) < 4.78 is 48.3. The molecule has 0 bridgehead atoms. The molecule has 33 heavy (non-hydrogen) atoms. The van der Waals surface area contributed by atoms with Gasteiger partial charge in [-0.2, -0.15) is 9.30 Å². The number of amides is 1. The summed E-state index contributed by atoms with van der Waals surface area (Å²) in [7, 11) is -2.12. The van der Waals surface area contributed by atoms with Gasteiger partial charge in [0.2, 0.25) is 10.0 Å². The molecule has 3 aromatic rings. The van der Waals surface area contributed by atoms with Crippen molar-refractivity contribution in [2.45, 2.75) is 24.3 Å². The predicted molar refractivity (Wildman–Crippen MR) is 125 cm³/mol. The van der Waals surface area contributed by atoms with Crippen LogP contribution in [0.2, 0.25) is 0 Å². The Morgan fingerprint density at radius 1 is 1.24 bits per heavy atom. The second-order valence-electron chi connectivity index (χ2n) is 7.70. The standard InChI is InChI=1S/C23H24FN3O4S2/c1-3-12-27-20-9-6-18(31-2)15-21(20)32-23(27)25-22(28)16-10-13-26(14-11-16)33(29,30)19-7-4-17(24)5-8-19/h3-9,15-16H,1,10-14H2,2H3. The fourth-order valence-corrected chi connectivity index (χ4v) is 6.40. The average molecular weight is 490 g/mol. The Hall–Kier alpha value is -2.82. The summed E-state index contributed by atoms with van der Waals surface area (Å²) >= 11 is 1.40. The topological polar surface area (TPSA) is 81.0 Å². The molecule has 0 spiro atoms. The predicted octanol–water partition coefficient (Wildman–Crippen LogP) is 3.56. The minimum absolute atomic E-state index is 0.0459. The Morgan fingerprint density at radius 2 is 1.94 bits per heavy atom. The highest BCUT2D eigenvalue weighted by atomic mass is 32.2. The average Bonchev–Trinajstić information content (AvgIpc) is 3.15. The van der Waals surface area contributed by atoms with E-state index in [4.69, 9.17) is 4.74 Å². The maximum atomic E-state index is 13.1. The van der Waals surface area contributed by atoms with Crippen LogP contribution >= 0.6 is 11.3 Å². The van der Waals surface area contributed by atoms with Crippen LogP contribution in [0.25, 0.3) is 10.2 Å². The molecule has 7 nitrogen and oxygen atoms in total. The zero-order valence-electron chi connectivity index (χ0n) is 18.1. The van der Waals surface area contributed by atoms with Crippen LogP contribution in [0.15, 0.2) is 65.0 Å². The number of methoxy groups -OCH3 is 1. The third kappa shape index (κ3) is 4.78. The number of carbonyl (C=O) groups excluding carboxylic acids is 1. The Balaban J connectivity index is 1.53. The van der Waals surface area contributed by atoms with Crippen molar-refractivity contribution < 1.29 is 22.3 Å². The second-order valence-corrected chi connectivity index (χ2v) is 10.6. The van der Waals surface area contributed by atoms with E-state index >= 15 is 0 Å². The van der Waals surface area contributed by atoms with Gasteiger partial charge in [0.1, 0.15) is 11.6 Å². The van der Waals surface area contributed by atoms with E-state index in [1.165, 1.54) is 27.8 Å². The molecule has 0 saturated carbocycles. The molecule has 2 heterocycles. The molecular formula is C23H24FN3O4S2. The molecule has 1 aliphatic heterocycles. The minimum atomic E-state index is -3.73. The Morgan fingerprint density at radius 3 is 2.58 bits per heavy atom. The summed E-state index contributed by atoms with van der Waals surface area (Å²) in [6, 6.07) is 10.5. The normalized spacial score (nSPS) is 16.2. The van der Waals surface area contributed by atoms with Crippen molar-refractivity contribution in [3.8, 4) is 5.75 Å². The van der Waals surface area contributed by atoms with Crippen molar-refractivity contribution in [2.24, 2.45) is 10.9 Å². The number of nitrogens with zero attached hydrogens (tertiary/aromatic N) is 3. The molecule has 1 aromatic heterocycles. The van der Waals surface area contributed by atoms with Gasteiger partial charge in [0.25, 0.3) is 5.91 Å². The summed E-state index contributed by atoms with van der Waals surface area (Å²) in [5.74, 6) is -0.387. The molecule has 10 heteroatoms. The number of fused-ring (bicyclic) bond motifs is 1. The highest BCUT2D eigenvalue weighted by molar-refractivity contribution is 7.89. The first kappa shape index (κ1) is 23.3. The van der Waals surface area contributed by atoms with Crippen LogP contribution in [-0.4, -0.2) is 43.4 Å². The number of aromatic nitrogens is 1. The van der Waals surface area contributed by atoms with Crippen LogP contribution in [0.1, 0.15) is 12.8 Å². The number of hydrogen-bond donors (Lipinski definition) is 0. The fraction of sp³-hybridized carbons (Fsp3) is 0.304. The zero-order chi connectivity index (χ0) is 23.6. The number of rotatable bonds is 6. The zero-order valence-corrected chi connectivity index (χ0v) is 19.7. The van der Waals surface area contributed by atoms with Gasteiger partial charge < -0.3 is 9.30 Å². The Kier molecular flexibility index (Phi) is 6.78. The SMILES string of the molecule is C=CCn1c(=NC(=O)C2CCN(S(=O)(=O)c3ccc(F)cc3)CC2)sc2cc(OC)ccc21. The van der Waals surface area contributed by atoms with Crippen LogP contribution in [0.3, 0.4) is 0 Å². The molecule has 0 unspecified atom stereocenters. The monoisotopic (exact) mass is 489 g/mol. The number of sulfonamides is 1. The van der Waals surface area contributed by atoms with E-state index in [9.17, 15) is 17.6 Å². The molecule has 1 fully saturated rings. The number of halogens is 1. The molecule has 1 saturated heterocycles. The Labute approximate surface area is 195 Å². The summed E-state index contributed by atoms with van der Waals surface area (Å²) in [5, 5.41) is 0. The molecule has 0 aliphatic carbocycles. The summed E-state index contributed by atoms with van der Waals surface area (Å²) in [5.41, 5.74) is 0.937. The van der Waals surface area contributed by atoms with Crippen molar-refractivity contribution in [2.75, 3.05) is 20.2 Å². The third-order valence-electron chi connectivity index (χ3n) is 5.66. The Bertz CT molecular complexity index is 1350. The van der Waals surface area contributed by atoms with Crippen LogP contribution in [0.5, 0.6) is 5.75 Å². The van der Waals surface area contributed by atoms with Crippen LogP contribution in [0, 0.1) is 11.7 Å². The van der Waals surface area contributed by atoms with Crippen molar-refractivity contribution in [3.63, 3.8) is 0 Å². The van der Waals surface area contributed by atoms with Crippen molar-refractivity contribution in [1.82, 2.24) is 8.87 Å². The molecule has 0 radical (unpaired) electrons. The van der Waals surface area contributed by atoms with Crippen LogP contribution < -0.4 is 9.54 Å². The maximum absolute atomic E-state index is 13.1. The molecule has 0 N–H and O–H groups in total. The highest BCUT2D eigenvalue weighted by Gasteiger charge is 2.32. The van der Waals surface area contributed by atoms with E-state index in [0.29, 0.717) is 24.2 Å². The maximum Gasteiger partial charge on any atom is 0.251 e. The van der Waals surface area contributed by atoms with Gasteiger partial charge in [0, 0.05) is 25.6 Å². The number of thiazole rings is 1. The first-order valence-electron chi connectivity index (χ1n) is 10.5. The van der Waals surface area contributed by atoms with Crippen LogP contribution in [0.4, 0.5) is 4.39 Å². The number of allylic oxidation sites excluding steroid dienone is 1. The quantitative estimate of drug-likeness (QED) is 0.496. The van der Waals surface area contributed by atoms with Gasteiger partial charge in [-0.05, 0) is 55.3 Å². The molecule has 174 valence electrons. The van der Waals surface area contributed by atoms with E-state index in [-0.39, 0.29) is 29.8 Å². The summed E-state index contributed by atoms with van der Waals surface area (Å²) in [6.07, 6.45) is 2.50. The molecule has 2 aromatic carbocycles. The van der Waals surface area contributed by atoms with Gasteiger partial charge in [-0.25, -0.2) is 12.8 Å². The van der Waals surface area contributed by atoms with Gasteiger partial charge in [0.15, 0.2) is 4.80 Å². The van der Waals surface area contributed by atoms with E-state index in [0.717, 1.165) is 28.1 Å². The minimum Gasteiger partial charge on any atom is -0.497 e. The molecule has 1 aliphatic rings. The molecule has 0 atom stereocenters. The first-order valence-corrected chi connectivity index (χ1v) is 12.7. The first-order chi connectivity index (χ1) is 15.8. The van der Waals surface area contributed by atoms with E-state index < -0.39 is 15.8 Å². The number of carbonyl (C=O) groups is 1. The summed E-state index contributed by atoms with van der Waals surface area (Å²) in [6.45, 7) is 4.72. The lowest BCUT2D eigenvalue weighted by Crippen LogP contribution is -2.40. The second kappa shape index (κ2) is 9.58. The van der Waals surface area contributed by atoms with Gasteiger partial charge >= 0.3 is 0 Å². The van der Waals surface area contributed by atoms with E-state index in [1.807, 2.05) is 22.8 Å². The highest BCUT2D eigenvalue weighted by Crippen LogP contribution is 2.26. The van der Waals surface area contributed by atoms with Crippen molar-refractivity contribution in [1.29, 1.82) is 0 Å². The third-order valence-corrected chi connectivity index (χ3v) is 8.62. The largest absolute Gasteiger partial charge is 0.497 e. The van der Waals surface area contributed by atoms with Gasteiger partial charge in [0.05, 0.1) is 22.2 Å². The molecule has 4 rings (SSSR count). The van der Waals surface area contributed by atoms with E-state index in [1.54, 1.807) is 13.2 Å². The fourth-order valence-electron chi connectivity index (χ4n) is 3.86. The lowest BCUT2D eigenvalue weighted by molar-refractivity contribution is -0.122. The number of ether oxygens (including phenoxy) is 1. The number of piperidine rings is 1. The number of benzene rings is 2. The lowest BCUT2D eigenvalue weighted by atomic mass is 9.98. The van der Waals surface area contributed by atoms with Gasteiger partial charge in [-0.3, -0.25) is 4.79 Å². The smallest absolute Gasteiger partial charge is 0.251 e. The summed E-state index contributed by atoms with van der Waals surface area (Å²) in [4.78, 5) is 18.0. The van der Waals surface area contributed by atoms with Crippen molar-refractivity contribution in [3.05, 3.63) is 65.7 Å². The lowest BCUT2D eigenvalue weighted by Gasteiger charge is -2.29. The van der Waals surface area contributed by atoms with Crippen LogP contribution in [-0.2, 0) is 21.4 Å². The molecular weight excluding hydrogens is 465 g/mol. The van der Waals surface area contributed by atoms with Crippen molar-refractivity contribution >= 4 is 37.5 Å².